The Morgan fingerprint density at radius 3 is 2.62 bits per heavy atom. The SMILES string of the molecule is CC1(c2ccccc2)CCCN(C(=O)NCCC2(O)CCOCC2)CC1. The van der Waals surface area contributed by atoms with E-state index in [2.05, 4.69) is 42.6 Å². The number of urea groups is 1. The molecule has 3 rings (SSSR count). The van der Waals surface area contributed by atoms with Crippen molar-refractivity contribution in [2.75, 3.05) is 32.8 Å². The third-order valence-electron chi connectivity index (χ3n) is 6.14. The molecular weight excluding hydrogens is 328 g/mol. The summed E-state index contributed by atoms with van der Waals surface area (Å²) in [4.78, 5) is 14.5. The van der Waals surface area contributed by atoms with E-state index in [-0.39, 0.29) is 11.4 Å². The number of amides is 2. The van der Waals surface area contributed by atoms with Gasteiger partial charge in [0.1, 0.15) is 0 Å². The Bertz CT molecular complexity index is 586. The van der Waals surface area contributed by atoms with Crippen molar-refractivity contribution in [1.82, 2.24) is 10.2 Å². The lowest BCUT2D eigenvalue weighted by atomic mass is 9.76. The molecule has 2 aliphatic rings. The first-order chi connectivity index (χ1) is 12.5. The van der Waals surface area contributed by atoms with Crippen LogP contribution in [0.3, 0.4) is 0 Å². The summed E-state index contributed by atoms with van der Waals surface area (Å²) in [7, 11) is 0. The molecule has 2 amide bonds. The Balaban J connectivity index is 1.48. The highest BCUT2D eigenvalue weighted by molar-refractivity contribution is 5.74. The highest BCUT2D eigenvalue weighted by atomic mass is 16.5. The van der Waals surface area contributed by atoms with Gasteiger partial charge < -0.3 is 20.1 Å². The fourth-order valence-corrected chi connectivity index (χ4v) is 4.13. The van der Waals surface area contributed by atoms with Crippen molar-refractivity contribution >= 4 is 6.03 Å². The number of nitrogens with one attached hydrogen (secondary N) is 1. The van der Waals surface area contributed by atoms with E-state index in [1.807, 2.05) is 4.90 Å². The standard InChI is InChI=1S/C21H32N2O3/c1-20(18-6-3-2-4-7-18)8-5-14-23(15-10-20)19(24)22-13-9-21(25)11-16-26-17-12-21/h2-4,6-7,25H,5,8-17H2,1H3,(H,22,24). The highest BCUT2D eigenvalue weighted by Crippen LogP contribution is 2.34. The number of benzene rings is 1. The molecule has 0 radical (unpaired) electrons. The van der Waals surface area contributed by atoms with Crippen LogP contribution in [-0.2, 0) is 10.2 Å². The summed E-state index contributed by atoms with van der Waals surface area (Å²) >= 11 is 0. The molecule has 2 N–H and O–H groups in total. The van der Waals surface area contributed by atoms with E-state index in [0.717, 1.165) is 32.4 Å². The van der Waals surface area contributed by atoms with Crippen molar-refractivity contribution in [3.05, 3.63) is 35.9 Å². The molecule has 0 bridgehead atoms. The quantitative estimate of drug-likeness (QED) is 0.867. The van der Waals surface area contributed by atoms with Crippen LogP contribution in [0, 0.1) is 0 Å². The Kier molecular flexibility index (Phi) is 6.20. The van der Waals surface area contributed by atoms with Crippen molar-refractivity contribution in [2.24, 2.45) is 0 Å². The van der Waals surface area contributed by atoms with Crippen molar-refractivity contribution in [2.45, 2.75) is 56.5 Å². The van der Waals surface area contributed by atoms with Crippen LogP contribution in [0.25, 0.3) is 0 Å². The number of rotatable bonds is 4. The zero-order valence-corrected chi connectivity index (χ0v) is 15.9. The van der Waals surface area contributed by atoms with Crippen LogP contribution in [0.2, 0.25) is 0 Å². The van der Waals surface area contributed by atoms with Crippen LogP contribution in [0.4, 0.5) is 4.79 Å². The molecule has 2 aliphatic heterocycles. The molecule has 5 heteroatoms. The van der Waals surface area contributed by atoms with Gasteiger partial charge in [-0.05, 0) is 49.5 Å². The van der Waals surface area contributed by atoms with Crippen LogP contribution >= 0.6 is 0 Å². The van der Waals surface area contributed by atoms with Gasteiger partial charge in [0.25, 0.3) is 0 Å². The van der Waals surface area contributed by atoms with Crippen molar-refractivity contribution in [3.63, 3.8) is 0 Å². The minimum Gasteiger partial charge on any atom is -0.390 e. The average molecular weight is 360 g/mol. The van der Waals surface area contributed by atoms with Crippen molar-refractivity contribution in [3.8, 4) is 0 Å². The van der Waals surface area contributed by atoms with Crippen LogP contribution in [0.15, 0.2) is 30.3 Å². The number of carbonyl (C=O) groups excluding carboxylic acids is 1. The predicted molar refractivity (Wildman–Crippen MR) is 102 cm³/mol. The number of carbonyl (C=O) groups is 1. The maximum absolute atomic E-state index is 12.6. The normalized spacial score (nSPS) is 26.2. The van der Waals surface area contributed by atoms with Gasteiger partial charge in [-0.2, -0.15) is 0 Å². The van der Waals surface area contributed by atoms with E-state index in [1.165, 1.54) is 5.56 Å². The zero-order valence-electron chi connectivity index (χ0n) is 15.9. The summed E-state index contributed by atoms with van der Waals surface area (Å²) in [6, 6.07) is 10.6. The summed E-state index contributed by atoms with van der Waals surface area (Å²) < 4.78 is 5.30. The fraction of sp³-hybridized carbons (Fsp3) is 0.667. The van der Waals surface area contributed by atoms with Gasteiger partial charge in [0.15, 0.2) is 0 Å². The van der Waals surface area contributed by atoms with Gasteiger partial charge in [0.2, 0.25) is 0 Å². The van der Waals surface area contributed by atoms with E-state index in [9.17, 15) is 9.90 Å². The Morgan fingerprint density at radius 1 is 1.15 bits per heavy atom. The van der Waals surface area contributed by atoms with E-state index in [0.29, 0.717) is 39.0 Å². The molecule has 2 heterocycles. The summed E-state index contributed by atoms with van der Waals surface area (Å²) in [5.74, 6) is 0. The van der Waals surface area contributed by atoms with Crippen molar-refractivity contribution < 1.29 is 14.6 Å². The van der Waals surface area contributed by atoms with E-state index in [4.69, 9.17) is 4.74 Å². The minimum atomic E-state index is -0.684. The molecule has 2 saturated heterocycles. The molecule has 1 aromatic rings. The Labute approximate surface area is 156 Å². The summed E-state index contributed by atoms with van der Waals surface area (Å²) in [6.07, 6.45) is 4.99. The smallest absolute Gasteiger partial charge is 0.317 e. The third-order valence-corrected chi connectivity index (χ3v) is 6.14. The first-order valence-electron chi connectivity index (χ1n) is 9.89. The first kappa shape index (κ1) is 19.2. The monoisotopic (exact) mass is 360 g/mol. The molecular formula is C21H32N2O3. The predicted octanol–water partition coefficient (Wildman–Crippen LogP) is 3.07. The number of aliphatic hydroxyl groups is 1. The topological polar surface area (TPSA) is 61.8 Å². The number of hydrogen-bond acceptors (Lipinski definition) is 3. The van der Waals surface area contributed by atoms with Gasteiger partial charge in [-0.1, -0.05) is 37.3 Å². The van der Waals surface area contributed by atoms with E-state index >= 15 is 0 Å². The van der Waals surface area contributed by atoms with Crippen molar-refractivity contribution in [1.29, 1.82) is 0 Å². The number of ether oxygens (including phenoxy) is 1. The molecule has 5 nitrogen and oxygen atoms in total. The molecule has 0 saturated carbocycles. The first-order valence-corrected chi connectivity index (χ1v) is 9.89. The van der Waals surface area contributed by atoms with Gasteiger partial charge in [-0.3, -0.25) is 0 Å². The van der Waals surface area contributed by atoms with Crippen LogP contribution in [-0.4, -0.2) is 54.5 Å². The second-order valence-electron chi connectivity index (χ2n) is 8.09. The zero-order chi connectivity index (χ0) is 18.5. The van der Waals surface area contributed by atoms with Gasteiger partial charge >= 0.3 is 6.03 Å². The van der Waals surface area contributed by atoms with Gasteiger partial charge in [0.05, 0.1) is 5.60 Å². The summed E-state index contributed by atoms with van der Waals surface area (Å²) in [5, 5.41) is 13.5. The molecule has 26 heavy (non-hydrogen) atoms. The molecule has 1 atom stereocenters. The lowest BCUT2D eigenvalue weighted by Crippen LogP contribution is -2.44. The van der Waals surface area contributed by atoms with Gasteiger partial charge in [-0.15, -0.1) is 0 Å². The largest absolute Gasteiger partial charge is 0.390 e. The Morgan fingerprint density at radius 2 is 1.88 bits per heavy atom. The van der Waals surface area contributed by atoms with Crippen LogP contribution in [0.1, 0.15) is 51.0 Å². The minimum absolute atomic E-state index is 0.00188. The molecule has 0 aliphatic carbocycles. The Hall–Kier alpha value is -1.59. The third kappa shape index (κ3) is 4.77. The fourth-order valence-electron chi connectivity index (χ4n) is 4.13. The maximum atomic E-state index is 12.6. The second-order valence-corrected chi connectivity index (χ2v) is 8.09. The number of nitrogens with zero attached hydrogens (tertiary/aromatic N) is 1. The molecule has 1 aromatic carbocycles. The van der Waals surface area contributed by atoms with E-state index < -0.39 is 5.60 Å². The van der Waals surface area contributed by atoms with E-state index in [1.54, 1.807) is 0 Å². The molecule has 2 fully saturated rings. The average Bonchev–Trinajstić information content (AvgIpc) is 2.86. The lowest BCUT2D eigenvalue weighted by molar-refractivity contribution is -0.0670. The molecule has 1 unspecified atom stereocenters. The number of likely N-dealkylation sites (tertiary alicyclic amines) is 1. The molecule has 144 valence electrons. The lowest BCUT2D eigenvalue weighted by Gasteiger charge is -2.32. The summed E-state index contributed by atoms with van der Waals surface area (Å²) in [5.41, 5.74) is 0.813. The highest BCUT2D eigenvalue weighted by Gasteiger charge is 2.32. The summed E-state index contributed by atoms with van der Waals surface area (Å²) in [6.45, 7) is 5.61. The van der Waals surface area contributed by atoms with Gasteiger partial charge in [-0.25, -0.2) is 4.79 Å². The van der Waals surface area contributed by atoms with Crippen LogP contribution < -0.4 is 5.32 Å². The molecule has 0 spiro atoms. The van der Waals surface area contributed by atoms with Crippen LogP contribution in [0.5, 0.6) is 0 Å². The maximum Gasteiger partial charge on any atom is 0.317 e. The number of hydrogen-bond donors (Lipinski definition) is 2. The molecule has 0 aromatic heterocycles. The van der Waals surface area contributed by atoms with Gasteiger partial charge in [0, 0.05) is 32.8 Å². The second kappa shape index (κ2) is 8.40.